The van der Waals surface area contributed by atoms with E-state index in [9.17, 15) is 0 Å². The van der Waals surface area contributed by atoms with Gasteiger partial charge in [-0.05, 0) is 25.1 Å². The topological polar surface area (TPSA) is 48.7 Å². The molecule has 0 radical (unpaired) electrons. The summed E-state index contributed by atoms with van der Waals surface area (Å²) in [5.74, 6) is 0.617. The van der Waals surface area contributed by atoms with E-state index in [4.69, 9.17) is 5.26 Å². The third-order valence-electron chi connectivity index (χ3n) is 2.57. The van der Waals surface area contributed by atoms with E-state index in [1.165, 1.54) is 5.56 Å². The molecule has 0 unspecified atom stereocenters. The Balaban J connectivity index is 2.51. The van der Waals surface area contributed by atoms with Gasteiger partial charge in [0.1, 0.15) is 11.9 Å². The summed E-state index contributed by atoms with van der Waals surface area (Å²) >= 11 is 0. The van der Waals surface area contributed by atoms with E-state index >= 15 is 0 Å². The van der Waals surface area contributed by atoms with E-state index < -0.39 is 0 Å². The van der Waals surface area contributed by atoms with Crippen molar-refractivity contribution in [2.45, 2.75) is 6.92 Å². The number of aryl methyl sites for hydroxylation is 1. The molecule has 1 N–H and O–H groups in total. The molecule has 1 aromatic carbocycles. The van der Waals surface area contributed by atoms with Gasteiger partial charge < -0.3 is 5.32 Å². The minimum absolute atomic E-state index is 0.559. The van der Waals surface area contributed by atoms with Crippen molar-refractivity contribution in [3.63, 3.8) is 0 Å². The molecule has 0 aliphatic heterocycles. The number of aromatic nitrogens is 1. The van der Waals surface area contributed by atoms with Gasteiger partial charge in [-0.1, -0.05) is 23.8 Å². The molecule has 0 bridgehead atoms. The maximum Gasteiger partial charge on any atom is 0.144 e. The molecule has 84 valence electrons. The van der Waals surface area contributed by atoms with Crippen LogP contribution in [0.25, 0.3) is 11.3 Å². The van der Waals surface area contributed by atoms with E-state index in [2.05, 4.69) is 22.4 Å². The number of benzene rings is 1. The quantitative estimate of drug-likeness (QED) is 0.851. The largest absolute Gasteiger partial charge is 0.372 e. The molecule has 1 aromatic heterocycles. The molecule has 2 aromatic rings. The Bertz CT molecular complexity index is 582. The minimum Gasteiger partial charge on any atom is -0.372 e. The highest BCUT2D eigenvalue weighted by molar-refractivity contribution is 5.65. The van der Waals surface area contributed by atoms with E-state index in [0.717, 1.165) is 11.3 Å². The van der Waals surface area contributed by atoms with Crippen LogP contribution >= 0.6 is 0 Å². The molecular formula is C14H13N3. The summed E-state index contributed by atoms with van der Waals surface area (Å²) in [5, 5.41) is 11.9. The number of anilines is 1. The fraction of sp³-hybridized carbons (Fsp3) is 0.143. The molecule has 0 aliphatic carbocycles. The zero-order valence-electron chi connectivity index (χ0n) is 9.86. The number of nitriles is 1. The second-order valence-corrected chi connectivity index (χ2v) is 3.82. The molecule has 0 saturated heterocycles. The average Bonchev–Trinajstić information content (AvgIpc) is 2.38. The summed E-state index contributed by atoms with van der Waals surface area (Å²) in [6, 6.07) is 13.9. The lowest BCUT2D eigenvalue weighted by molar-refractivity contribution is 1.26. The molecule has 2 rings (SSSR count). The maximum atomic E-state index is 8.93. The molecule has 0 aliphatic rings. The summed E-state index contributed by atoms with van der Waals surface area (Å²) < 4.78 is 0. The lowest BCUT2D eigenvalue weighted by atomic mass is 10.1. The smallest absolute Gasteiger partial charge is 0.144 e. The first-order valence-electron chi connectivity index (χ1n) is 5.40. The Labute approximate surface area is 101 Å². The second kappa shape index (κ2) is 4.67. The number of pyridine rings is 1. The van der Waals surface area contributed by atoms with Gasteiger partial charge in [0.05, 0.1) is 11.3 Å². The number of hydrogen-bond donors (Lipinski definition) is 1. The van der Waals surface area contributed by atoms with Crippen LogP contribution in [0.3, 0.4) is 0 Å². The summed E-state index contributed by atoms with van der Waals surface area (Å²) in [7, 11) is 1.77. The van der Waals surface area contributed by atoms with Gasteiger partial charge in [0, 0.05) is 12.6 Å². The van der Waals surface area contributed by atoms with Crippen LogP contribution in [0.2, 0.25) is 0 Å². The van der Waals surface area contributed by atoms with Gasteiger partial charge in [0.25, 0.3) is 0 Å². The first kappa shape index (κ1) is 11.2. The molecule has 1 heterocycles. The van der Waals surface area contributed by atoms with Crippen LogP contribution in [0.4, 0.5) is 5.82 Å². The lowest BCUT2D eigenvalue weighted by Crippen LogP contribution is -1.97. The van der Waals surface area contributed by atoms with E-state index in [0.29, 0.717) is 11.4 Å². The molecule has 0 spiro atoms. The Morgan fingerprint density at radius 2 is 2.06 bits per heavy atom. The highest BCUT2D eigenvalue weighted by atomic mass is 15.0. The van der Waals surface area contributed by atoms with Gasteiger partial charge >= 0.3 is 0 Å². The Morgan fingerprint density at radius 1 is 1.24 bits per heavy atom. The van der Waals surface area contributed by atoms with Crippen molar-refractivity contribution in [2.24, 2.45) is 0 Å². The van der Waals surface area contributed by atoms with Crippen LogP contribution in [0, 0.1) is 18.3 Å². The van der Waals surface area contributed by atoms with E-state index in [1.54, 1.807) is 13.1 Å². The van der Waals surface area contributed by atoms with Crippen LogP contribution < -0.4 is 5.32 Å². The summed E-state index contributed by atoms with van der Waals surface area (Å²) in [6.07, 6.45) is 0. The van der Waals surface area contributed by atoms with Crippen LogP contribution in [-0.2, 0) is 0 Å². The van der Waals surface area contributed by atoms with Gasteiger partial charge in [0.2, 0.25) is 0 Å². The summed E-state index contributed by atoms with van der Waals surface area (Å²) in [6.45, 7) is 2.05. The van der Waals surface area contributed by atoms with Crippen molar-refractivity contribution in [3.05, 3.63) is 47.5 Å². The summed E-state index contributed by atoms with van der Waals surface area (Å²) in [5.41, 5.74) is 3.69. The summed E-state index contributed by atoms with van der Waals surface area (Å²) in [4.78, 5) is 4.44. The number of hydrogen-bond acceptors (Lipinski definition) is 3. The fourth-order valence-electron chi connectivity index (χ4n) is 1.71. The average molecular weight is 223 g/mol. The van der Waals surface area contributed by atoms with E-state index in [-0.39, 0.29) is 0 Å². The maximum absolute atomic E-state index is 8.93. The monoisotopic (exact) mass is 223 g/mol. The lowest BCUT2D eigenvalue weighted by Gasteiger charge is -2.06. The third kappa shape index (κ3) is 2.26. The van der Waals surface area contributed by atoms with Crippen LogP contribution in [-0.4, -0.2) is 12.0 Å². The Kier molecular flexibility index (Phi) is 3.06. The Morgan fingerprint density at radius 3 is 2.71 bits per heavy atom. The number of nitrogens with zero attached hydrogens (tertiary/aromatic N) is 2. The molecule has 0 atom stereocenters. The molecular weight excluding hydrogens is 210 g/mol. The standard InChI is InChI=1S/C14H13N3/c1-10-4-3-5-11(8-10)13-7-6-12(9-15)14(16-2)17-13/h3-8H,1-2H3,(H,16,17). The predicted molar refractivity (Wildman–Crippen MR) is 68.7 cm³/mol. The van der Waals surface area contributed by atoms with Crippen molar-refractivity contribution < 1.29 is 0 Å². The number of nitrogens with one attached hydrogen (secondary N) is 1. The molecule has 0 amide bonds. The fourth-order valence-corrected chi connectivity index (χ4v) is 1.71. The molecule has 3 nitrogen and oxygen atoms in total. The van der Waals surface area contributed by atoms with Gasteiger partial charge in [-0.2, -0.15) is 5.26 Å². The predicted octanol–water partition coefficient (Wildman–Crippen LogP) is 2.97. The van der Waals surface area contributed by atoms with Gasteiger partial charge in [-0.3, -0.25) is 0 Å². The molecule has 0 saturated carbocycles. The van der Waals surface area contributed by atoms with Gasteiger partial charge in [-0.15, -0.1) is 0 Å². The highest BCUT2D eigenvalue weighted by Gasteiger charge is 2.05. The van der Waals surface area contributed by atoms with Gasteiger partial charge in [0.15, 0.2) is 0 Å². The van der Waals surface area contributed by atoms with Crippen molar-refractivity contribution >= 4 is 5.82 Å². The second-order valence-electron chi connectivity index (χ2n) is 3.82. The minimum atomic E-state index is 0.559. The van der Waals surface area contributed by atoms with Crippen molar-refractivity contribution in [1.29, 1.82) is 5.26 Å². The zero-order chi connectivity index (χ0) is 12.3. The SMILES string of the molecule is CNc1nc(-c2cccc(C)c2)ccc1C#N. The van der Waals surface area contributed by atoms with Gasteiger partial charge in [-0.25, -0.2) is 4.98 Å². The molecule has 0 fully saturated rings. The Hall–Kier alpha value is -2.34. The van der Waals surface area contributed by atoms with Crippen LogP contribution in [0.5, 0.6) is 0 Å². The first-order valence-corrected chi connectivity index (χ1v) is 5.40. The normalized spacial score (nSPS) is 9.71. The first-order chi connectivity index (χ1) is 8.24. The van der Waals surface area contributed by atoms with Crippen LogP contribution in [0.1, 0.15) is 11.1 Å². The third-order valence-corrected chi connectivity index (χ3v) is 2.57. The van der Waals surface area contributed by atoms with Crippen LogP contribution in [0.15, 0.2) is 36.4 Å². The zero-order valence-corrected chi connectivity index (χ0v) is 9.86. The van der Waals surface area contributed by atoms with Crippen molar-refractivity contribution in [2.75, 3.05) is 12.4 Å². The molecule has 3 heteroatoms. The van der Waals surface area contributed by atoms with Crippen molar-refractivity contribution in [3.8, 4) is 17.3 Å². The number of rotatable bonds is 2. The van der Waals surface area contributed by atoms with Crippen molar-refractivity contribution in [1.82, 2.24) is 4.98 Å². The highest BCUT2D eigenvalue weighted by Crippen LogP contribution is 2.21. The van der Waals surface area contributed by atoms with E-state index in [1.807, 2.05) is 31.2 Å². The molecule has 17 heavy (non-hydrogen) atoms.